The van der Waals surface area contributed by atoms with Crippen LogP contribution >= 0.6 is 0 Å². The number of fused-ring (bicyclic) bond motifs is 2. The minimum atomic E-state index is 0.499. The molecule has 25 heavy (non-hydrogen) atoms. The first-order valence-corrected chi connectivity index (χ1v) is 10.8. The summed E-state index contributed by atoms with van der Waals surface area (Å²) in [6.45, 7) is 15.1. The van der Waals surface area contributed by atoms with E-state index in [9.17, 15) is 4.79 Å². The normalized spacial score (nSPS) is 53.1. The molecular formula is C24H38O. The summed E-state index contributed by atoms with van der Waals surface area (Å²) in [5, 5.41) is 0. The summed E-state index contributed by atoms with van der Waals surface area (Å²) in [6, 6.07) is 0. The number of hydrogen-bond acceptors (Lipinski definition) is 1. The van der Waals surface area contributed by atoms with Crippen LogP contribution in [0.4, 0.5) is 0 Å². The van der Waals surface area contributed by atoms with Crippen molar-refractivity contribution in [1.29, 1.82) is 0 Å². The van der Waals surface area contributed by atoms with Crippen molar-refractivity contribution in [3.05, 3.63) is 11.6 Å². The molecule has 0 heterocycles. The summed E-state index contributed by atoms with van der Waals surface area (Å²) in [5.41, 5.74) is 2.82. The van der Waals surface area contributed by atoms with Crippen LogP contribution < -0.4 is 0 Å². The highest BCUT2D eigenvalue weighted by Crippen LogP contribution is 2.84. The standard InChI is InChI=1S/C24H38O/c1-15(9-13-25)8-12-24-17(3)20-16(2)18(21(20)24)14-19-22(4,5)10-7-11-23(19,24)6/h9,13,16-21H,7-8,10-12,14H2,1-6H3/b15-9-/t16-,17-,18?,19?,20?,21?,23?,24+/m1/s1. The number of aldehydes is 1. The Bertz CT molecular complexity index is 601. The van der Waals surface area contributed by atoms with Gasteiger partial charge in [-0.05, 0) is 96.9 Å². The second-order valence-electron chi connectivity index (χ2n) is 11.2. The molecule has 0 aliphatic heterocycles. The Morgan fingerprint density at radius 2 is 1.88 bits per heavy atom. The molecule has 8 atom stereocenters. The smallest absolute Gasteiger partial charge is 0.142 e. The zero-order chi connectivity index (χ0) is 18.2. The first kappa shape index (κ1) is 17.8. The van der Waals surface area contributed by atoms with E-state index in [0.29, 0.717) is 16.2 Å². The third kappa shape index (κ3) is 1.99. The van der Waals surface area contributed by atoms with E-state index >= 15 is 0 Å². The Labute approximate surface area is 155 Å². The van der Waals surface area contributed by atoms with Gasteiger partial charge in [-0.3, -0.25) is 4.79 Å². The van der Waals surface area contributed by atoms with Crippen LogP contribution in [0.2, 0.25) is 0 Å². The van der Waals surface area contributed by atoms with Crippen LogP contribution in [0.15, 0.2) is 11.6 Å². The van der Waals surface area contributed by atoms with Crippen molar-refractivity contribution in [2.75, 3.05) is 0 Å². The lowest BCUT2D eigenvalue weighted by atomic mass is 9.20. The summed E-state index contributed by atoms with van der Waals surface area (Å²) in [6.07, 6.45) is 11.0. The summed E-state index contributed by atoms with van der Waals surface area (Å²) in [4.78, 5) is 10.9. The Morgan fingerprint density at radius 3 is 2.56 bits per heavy atom. The topological polar surface area (TPSA) is 17.1 Å². The van der Waals surface area contributed by atoms with Gasteiger partial charge in [0.15, 0.2) is 0 Å². The van der Waals surface area contributed by atoms with Crippen molar-refractivity contribution in [1.82, 2.24) is 0 Å². The lowest BCUT2D eigenvalue weighted by Gasteiger charge is -2.84. The maximum absolute atomic E-state index is 10.9. The number of hydrogen-bond donors (Lipinski definition) is 0. The maximum Gasteiger partial charge on any atom is 0.142 e. The average molecular weight is 343 g/mol. The fraction of sp³-hybridized carbons (Fsp3) is 0.875. The zero-order valence-electron chi connectivity index (χ0n) is 17.3. The monoisotopic (exact) mass is 342 g/mol. The number of carbonyl (C=O) groups is 1. The van der Waals surface area contributed by atoms with Gasteiger partial charge in [-0.15, -0.1) is 0 Å². The predicted molar refractivity (Wildman–Crippen MR) is 104 cm³/mol. The van der Waals surface area contributed by atoms with Gasteiger partial charge in [0.05, 0.1) is 0 Å². The third-order valence-electron chi connectivity index (χ3n) is 10.2. The molecule has 0 aromatic heterocycles. The van der Waals surface area contributed by atoms with Crippen LogP contribution in [0, 0.1) is 51.8 Å². The van der Waals surface area contributed by atoms with E-state index in [1.165, 1.54) is 37.7 Å². The molecule has 1 heteroatoms. The van der Waals surface area contributed by atoms with Crippen molar-refractivity contribution in [3.63, 3.8) is 0 Å². The molecule has 1 nitrogen and oxygen atoms in total. The molecule has 4 fully saturated rings. The van der Waals surface area contributed by atoms with E-state index in [2.05, 4.69) is 41.5 Å². The van der Waals surface area contributed by atoms with Crippen LogP contribution in [0.5, 0.6) is 0 Å². The van der Waals surface area contributed by atoms with Gasteiger partial charge in [0.1, 0.15) is 6.29 Å². The van der Waals surface area contributed by atoms with E-state index in [0.717, 1.165) is 48.2 Å². The molecule has 4 saturated carbocycles. The summed E-state index contributed by atoms with van der Waals surface area (Å²) >= 11 is 0. The molecule has 0 aromatic carbocycles. The Kier molecular flexibility index (Phi) is 3.89. The van der Waals surface area contributed by atoms with Crippen molar-refractivity contribution < 1.29 is 4.79 Å². The number of rotatable bonds is 4. The van der Waals surface area contributed by atoms with Gasteiger partial charge in [0, 0.05) is 0 Å². The van der Waals surface area contributed by atoms with Gasteiger partial charge in [-0.25, -0.2) is 0 Å². The fourth-order valence-corrected chi connectivity index (χ4v) is 9.18. The summed E-state index contributed by atoms with van der Waals surface area (Å²) < 4.78 is 0. The van der Waals surface area contributed by atoms with Crippen LogP contribution in [0.3, 0.4) is 0 Å². The molecule has 0 radical (unpaired) electrons. The fourth-order valence-electron chi connectivity index (χ4n) is 9.18. The lowest BCUT2D eigenvalue weighted by Crippen LogP contribution is -2.79. The van der Waals surface area contributed by atoms with Gasteiger partial charge in [-0.1, -0.05) is 46.6 Å². The largest absolute Gasteiger partial charge is 0.299 e. The molecule has 5 unspecified atom stereocenters. The Morgan fingerprint density at radius 1 is 1.16 bits per heavy atom. The van der Waals surface area contributed by atoms with Gasteiger partial charge >= 0.3 is 0 Å². The van der Waals surface area contributed by atoms with E-state index in [1.807, 2.05) is 0 Å². The zero-order valence-corrected chi connectivity index (χ0v) is 17.3. The highest BCUT2D eigenvalue weighted by atomic mass is 16.1. The highest BCUT2D eigenvalue weighted by molar-refractivity contribution is 5.65. The molecule has 0 bridgehead atoms. The van der Waals surface area contributed by atoms with E-state index in [-0.39, 0.29) is 0 Å². The minimum Gasteiger partial charge on any atom is -0.299 e. The van der Waals surface area contributed by atoms with Gasteiger partial charge in [0.2, 0.25) is 0 Å². The van der Waals surface area contributed by atoms with Crippen molar-refractivity contribution in [2.45, 2.75) is 80.1 Å². The molecular weight excluding hydrogens is 304 g/mol. The molecule has 0 N–H and O–H groups in total. The van der Waals surface area contributed by atoms with Crippen LogP contribution in [-0.2, 0) is 4.79 Å². The molecule has 0 spiro atoms. The van der Waals surface area contributed by atoms with E-state index in [4.69, 9.17) is 0 Å². The van der Waals surface area contributed by atoms with Crippen molar-refractivity contribution >= 4 is 6.29 Å². The van der Waals surface area contributed by atoms with Crippen LogP contribution in [0.25, 0.3) is 0 Å². The summed E-state index contributed by atoms with van der Waals surface area (Å²) in [7, 11) is 0. The van der Waals surface area contributed by atoms with E-state index < -0.39 is 0 Å². The van der Waals surface area contributed by atoms with Gasteiger partial charge < -0.3 is 0 Å². The first-order valence-electron chi connectivity index (χ1n) is 10.8. The number of carbonyl (C=O) groups excluding carboxylic acids is 1. The Hall–Kier alpha value is -0.590. The van der Waals surface area contributed by atoms with Crippen molar-refractivity contribution in [2.24, 2.45) is 51.8 Å². The van der Waals surface area contributed by atoms with Crippen LogP contribution in [0.1, 0.15) is 80.1 Å². The Balaban J connectivity index is 1.73. The SMILES string of the molecule is C/C(=C/C=O)CC[C@]12C3C(CC4C(C)(C)CCCC41C)[C@@H](C)C3[C@H]2C. The van der Waals surface area contributed by atoms with Crippen molar-refractivity contribution in [3.8, 4) is 0 Å². The van der Waals surface area contributed by atoms with Gasteiger partial charge in [-0.2, -0.15) is 0 Å². The minimum absolute atomic E-state index is 0.499. The third-order valence-corrected chi connectivity index (χ3v) is 10.2. The molecule has 0 aromatic rings. The maximum atomic E-state index is 10.9. The highest BCUT2D eigenvalue weighted by Gasteiger charge is 2.79. The van der Waals surface area contributed by atoms with E-state index in [1.54, 1.807) is 6.08 Å². The quantitative estimate of drug-likeness (QED) is 0.434. The summed E-state index contributed by atoms with van der Waals surface area (Å²) in [5.74, 6) is 5.65. The predicted octanol–water partition coefficient (Wildman–Crippen LogP) is 6.28. The molecule has 4 rings (SSSR count). The van der Waals surface area contributed by atoms with Gasteiger partial charge in [0.25, 0.3) is 0 Å². The molecule has 0 saturated heterocycles. The first-order chi connectivity index (χ1) is 11.7. The second-order valence-corrected chi connectivity index (χ2v) is 11.2. The average Bonchev–Trinajstić information content (AvgIpc) is 2.51. The molecule has 4 aliphatic rings. The lowest BCUT2D eigenvalue weighted by molar-refractivity contribution is -0.363. The van der Waals surface area contributed by atoms with Crippen LogP contribution in [-0.4, -0.2) is 6.29 Å². The molecule has 4 aliphatic carbocycles. The molecule has 0 amide bonds. The molecule has 140 valence electrons. The second kappa shape index (κ2) is 5.46. The number of allylic oxidation sites excluding steroid dienone is 2.